The molecule has 0 aromatic carbocycles. The normalized spacial score (nSPS) is 14.6. The van der Waals surface area contributed by atoms with E-state index in [2.05, 4.69) is 16.8 Å². The molecule has 1 aliphatic carbocycles. The molecule has 1 aromatic rings. The lowest BCUT2D eigenvalue weighted by molar-refractivity contribution is 0.131. The lowest BCUT2D eigenvalue weighted by atomic mass is 10.1. The molecule has 0 radical (unpaired) electrons. The highest BCUT2D eigenvalue weighted by atomic mass is 16.5. The van der Waals surface area contributed by atoms with Crippen LogP contribution in [0.15, 0.2) is 12.1 Å². The zero-order chi connectivity index (χ0) is 14.4. The number of anilines is 1. The highest BCUT2D eigenvalue weighted by molar-refractivity contribution is 5.41. The molecule has 4 heteroatoms. The van der Waals surface area contributed by atoms with Crippen LogP contribution in [0.5, 0.6) is 0 Å². The van der Waals surface area contributed by atoms with Crippen molar-refractivity contribution in [2.75, 3.05) is 31.7 Å². The molecular formula is C16H26N2O2. The van der Waals surface area contributed by atoms with Crippen LogP contribution in [0.2, 0.25) is 0 Å². The third-order valence-corrected chi connectivity index (χ3v) is 3.63. The van der Waals surface area contributed by atoms with Gasteiger partial charge in [-0.15, -0.1) is 0 Å². The molecule has 0 saturated heterocycles. The van der Waals surface area contributed by atoms with E-state index in [1.165, 1.54) is 12.8 Å². The fourth-order valence-electron chi connectivity index (χ4n) is 2.15. The minimum Gasteiger partial charge on any atom is -0.392 e. The van der Waals surface area contributed by atoms with Crippen molar-refractivity contribution < 1.29 is 9.84 Å². The number of nitrogens with zero attached hydrogens (tertiary/aromatic N) is 2. The SMILES string of the molecule is CCCc1cc(CO)cc(N(C)CCOCC2CC2)n1. The molecule has 1 saturated carbocycles. The molecule has 1 aliphatic rings. The van der Waals surface area contributed by atoms with Gasteiger partial charge in [0.25, 0.3) is 0 Å². The van der Waals surface area contributed by atoms with Crippen LogP contribution in [0.3, 0.4) is 0 Å². The van der Waals surface area contributed by atoms with E-state index in [1.54, 1.807) is 0 Å². The van der Waals surface area contributed by atoms with Gasteiger partial charge in [-0.3, -0.25) is 0 Å². The Morgan fingerprint density at radius 1 is 1.40 bits per heavy atom. The van der Waals surface area contributed by atoms with Crippen LogP contribution in [0.25, 0.3) is 0 Å². The number of rotatable bonds is 9. The van der Waals surface area contributed by atoms with Crippen molar-refractivity contribution in [3.63, 3.8) is 0 Å². The number of likely N-dealkylation sites (N-methyl/N-ethyl adjacent to an activating group) is 1. The van der Waals surface area contributed by atoms with Gasteiger partial charge in [-0.1, -0.05) is 13.3 Å². The van der Waals surface area contributed by atoms with Crippen LogP contribution in [0.4, 0.5) is 5.82 Å². The van der Waals surface area contributed by atoms with E-state index >= 15 is 0 Å². The highest BCUT2D eigenvalue weighted by Gasteiger charge is 2.21. The first kappa shape index (κ1) is 15.3. The molecule has 2 rings (SSSR count). The Morgan fingerprint density at radius 3 is 2.85 bits per heavy atom. The molecule has 0 atom stereocenters. The number of pyridine rings is 1. The lowest BCUT2D eigenvalue weighted by Gasteiger charge is -2.19. The lowest BCUT2D eigenvalue weighted by Crippen LogP contribution is -2.24. The predicted molar refractivity (Wildman–Crippen MR) is 81.0 cm³/mol. The van der Waals surface area contributed by atoms with E-state index in [0.29, 0.717) is 0 Å². The van der Waals surface area contributed by atoms with Crippen molar-refractivity contribution in [2.24, 2.45) is 5.92 Å². The van der Waals surface area contributed by atoms with E-state index in [1.807, 2.05) is 19.2 Å². The zero-order valence-electron chi connectivity index (χ0n) is 12.6. The summed E-state index contributed by atoms with van der Waals surface area (Å²) in [6.45, 7) is 4.68. The molecule has 0 unspecified atom stereocenters. The summed E-state index contributed by atoms with van der Waals surface area (Å²) in [6.07, 6.45) is 4.68. The van der Waals surface area contributed by atoms with Crippen LogP contribution in [0.1, 0.15) is 37.4 Å². The Labute approximate surface area is 121 Å². The predicted octanol–water partition coefficient (Wildman–Crippen LogP) is 2.39. The fraction of sp³-hybridized carbons (Fsp3) is 0.688. The maximum absolute atomic E-state index is 9.35. The van der Waals surface area contributed by atoms with Crippen LogP contribution in [0, 0.1) is 5.92 Å². The van der Waals surface area contributed by atoms with Gasteiger partial charge in [0.15, 0.2) is 0 Å². The summed E-state index contributed by atoms with van der Waals surface area (Å²) >= 11 is 0. The first-order valence-electron chi connectivity index (χ1n) is 7.62. The van der Waals surface area contributed by atoms with Gasteiger partial charge >= 0.3 is 0 Å². The second-order valence-electron chi connectivity index (χ2n) is 5.67. The monoisotopic (exact) mass is 278 g/mol. The average molecular weight is 278 g/mol. The summed E-state index contributed by atoms with van der Waals surface area (Å²) in [7, 11) is 2.03. The fourth-order valence-corrected chi connectivity index (χ4v) is 2.15. The third kappa shape index (κ3) is 4.76. The van der Waals surface area contributed by atoms with Gasteiger partial charge in [-0.05, 0) is 42.9 Å². The Bertz CT molecular complexity index is 419. The summed E-state index contributed by atoms with van der Waals surface area (Å²) in [5, 5.41) is 9.35. The van der Waals surface area contributed by atoms with E-state index in [4.69, 9.17) is 4.74 Å². The molecule has 1 aromatic heterocycles. The summed E-state index contributed by atoms with van der Waals surface area (Å²) in [5.74, 6) is 1.74. The van der Waals surface area contributed by atoms with Gasteiger partial charge in [0, 0.05) is 25.9 Å². The van der Waals surface area contributed by atoms with E-state index in [-0.39, 0.29) is 6.61 Å². The van der Waals surface area contributed by atoms with Gasteiger partial charge in [-0.2, -0.15) is 0 Å². The average Bonchev–Trinajstić information content (AvgIpc) is 3.27. The maximum Gasteiger partial charge on any atom is 0.128 e. The van der Waals surface area contributed by atoms with Gasteiger partial charge < -0.3 is 14.7 Å². The number of aliphatic hydroxyl groups excluding tert-OH is 1. The van der Waals surface area contributed by atoms with Crippen molar-refractivity contribution in [2.45, 2.75) is 39.2 Å². The Kier molecular flexibility index (Phi) is 5.80. The third-order valence-electron chi connectivity index (χ3n) is 3.63. The van der Waals surface area contributed by atoms with Crippen molar-refractivity contribution in [3.8, 4) is 0 Å². The van der Waals surface area contributed by atoms with Crippen molar-refractivity contribution in [1.29, 1.82) is 0 Å². The number of aromatic nitrogens is 1. The van der Waals surface area contributed by atoms with Crippen LogP contribution in [-0.4, -0.2) is 36.9 Å². The minimum absolute atomic E-state index is 0.0677. The Hall–Kier alpha value is -1.13. The second kappa shape index (κ2) is 7.60. The minimum atomic E-state index is 0.0677. The quantitative estimate of drug-likeness (QED) is 0.705. The highest BCUT2D eigenvalue weighted by Crippen LogP contribution is 2.28. The molecule has 4 nitrogen and oxygen atoms in total. The van der Waals surface area contributed by atoms with Gasteiger partial charge in [-0.25, -0.2) is 4.98 Å². The van der Waals surface area contributed by atoms with E-state index < -0.39 is 0 Å². The number of hydrogen-bond donors (Lipinski definition) is 1. The molecule has 0 spiro atoms. The number of hydrogen-bond acceptors (Lipinski definition) is 4. The molecule has 0 aliphatic heterocycles. The van der Waals surface area contributed by atoms with E-state index in [9.17, 15) is 5.11 Å². The molecule has 0 bridgehead atoms. The molecule has 20 heavy (non-hydrogen) atoms. The summed E-state index contributed by atoms with van der Waals surface area (Å²) < 4.78 is 5.67. The largest absolute Gasteiger partial charge is 0.392 e. The molecule has 1 fully saturated rings. The number of aryl methyl sites for hydroxylation is 1. The molecular weight excluding hydrogens is 252 g/mol. The summed E-state index contributed by atoms with van der Waals surface area (Å²) in [6, 6.07) is 3.95. The first-order chi connectivity index (χ1) is 9.72. The van der Waals surface area contributed by atoms with Gasteiger partial charge in [0.1, 0.15) is 5.82 Å². The van der Waals surface area contributed by atoms with E-state index in [0.717, 1.165) is 55.6 Å². The first-order valence-corrected chi connectivity index (χ1v) is 7.62. The van der Waals surface area contributed by atoms with Crippen LogP contribution in [-0.2, 0) is 17.8 Å². The number of ether oxygens (including phenoxy) is 1. The van der Waals surface area contributed by atoms with Gasteiger partial charge in [0.05, 0.1) is 13.2 Å². The maximum atomic E-state index is 9.35. The van der Waals surface area contributed by atoms with Crippen LogP contribution < -0.4 is 4.90 Å². The van der Waals surface area contributed by atoms with Crippen molar-refractivity contribution in [1.82, 2.24) is 4.98 Å². The van der Waals surface area contributed by atoms with Crippen molar-refractivity contribution >= 4 is 5.82 Å². The molecule has 1 heterocycles. The molecule has 0 amide bonds. The van der Waals surface area contributed by atoms with Crippen LogP contribution >= 0.6 is 0 Å². The molecule has 112 valence electrons. The Morgan fingerprint density at radius 2 is 2.20 bits per heavy atom. The standard InChI is InChI=1S/C16H26N2O2/c1-3-4-15-9-14(11-19)10-16(17-15)18(2)7-8-20-12-13-5-6-13/h9-10,13,19H,3-8,11-12H2,1-2H3. The number of aliphatic hydroxyl groups is 1. The smallest absolute Gasteiger partial charge is 0.128 e. The van der Waals surface area contributed by atoms with Crippen molar-refractivity contribution in [3.05, 3.63) is 23.4 Å². The topological polar surface area (TPSA) is 45.6 Å². The second-order valence-corrected chi connectivity index (χ2v) is 5.67. The summed E-state index contributed by atoms with van der Waals surface area (Å²) in [5.41, 5.74) is 1.99. The summed E-state index contributed by atoms with van der Waals surface area (Å²) in [4.78, 5) is 6.76. The zero-order valence-corrected chi connectivity index (χ0v) is 12.6. The molecule has 1 N–H and O–H groups in total. The Balaban J connectivity index is 1.88. The van der Waals surface area contributed by atoms with Gasteiger partial charge in [0.2, 0.25) is 0 Å².